The van der Waals surface area contributed by atoms with Gasteiger partial charge in [0.25, 0.3) is 5.91 Å². The standard InChI is InChI=1S/C20H27N5O2/c1-16(26)22-11-13-23(14-12-22)19-6-5-18-4-3-17(15-25(18)19)20(27)24-9-7-21(2)8-10-24/h3-6,15H,7-14H2,1-2H3. The number of likely N-dealkylation sites (N-methyl/N-ethyl adjacent to an activating group) is 1. The largest absolute Gasteiger partial charge is 0.354 e. The lowest BCUT2D eigenvalue weighted by Crippen LogP contribution is -2.48. The van der Waals surface area contributed by atoms with Gasteiger partial charge in [0.1, 0.15) is 5.82 Å². The zero-order chi connectivity index (χ0) is 19.0. The Bertz CT molecular complexity index is 845. The van der Waals surface area contributed by atoms with Crippen LogP contribution in [0.15, 0.2) is 30.5 Å². The molecule has 0 spiro atoms. The Balaban J connectivity index is 1.55. The summed E-state index contributed by atoms with van der Waals surface area (Å²) in [5.74, 6) is 1.32. The molecule has 0 aromatic carbocycles. The van der Waals surface area contributed by atoms with Gasteiger partial charge in [0.2, 0.25) is 5.91 Å². The number of amides is 2. The van der Waals surface area contributed by atoms with Crippen LogP contribution in [0.25, 0.3) is 5.52 Å². The summed E-state index contributed by atoms with van der Waals surface area (Å²) in [4.78, 5) is 32.8. The van der Waals surface area contributed by atoms with Crippen LogP contribution in [0.4, 0.5) is 5.82 Å². The molecule has 2 amide bonds. The second-order valence-corrected chi connectivity index (χ2v) is 7.49. The molecule has 2 aliphatic heterocycles. The van der Waals surface area contributed by atoms with Crippen molar-refractivity contribution in [2.45, 2.75) is 6.92 Å². The van der Waals surface area contributed by atoms with E-state index in [0.717, 1.165) is 69.3 Å². The van der Waals surface area contributed by atoms with Gasteiger partial charge in [0.05, 0.1) is 5.56 Å². The molecule has 2 aliphatic rings. The topological polar surface area (TPSA) is 51.5 Å². The average Bonchev–Trinajstić information content (AvgIpc) is 3.11. The highest BCUT2D eigenvalue weighted by Gasteiger charge is 2.23. The number of carbonyl (C=O) groups is 2. The van der Waals surface area contributed by atoms with Gasteiger partial charge >= 0.3 is 0 Å². The lowest BCUT2D eigenvalue weighted by atomic mass is 10.2. The summed E-state index contributed by atoms with van der Waals surface area (Å²) in [5.41, 5.74) is 1.81. The summed E-state index contributed by atoms with van der Waals surface area (Å²) in [6, 6.07) is 8.12. The van der Waals surface area contributed by atoms with Crippen molar-refractivity contribution in [1.82, 2.24) is 19.1 Å². The summed E-state index contributed by atoms with van der Waals surface area (Å²) in [6.45, 7) is 8.11. The summed E-state index contributed by atoms with van der Waals surface area (Å²) >= 11 is 0. The van der Waals surface area contributed by atoms with Gasteiger partial charge in [-0.05, 0) is 31.3 Å². The van der Waals surface area contributed by atoms with E-state index >= 15 is 0 Å². The van der Waals surface area contributed by atoms with Gasteiger partial charge in [0.15, 0.2) is 0 Å². The number of hydrogen-bond donors (Lipinski definition) is 0. The molecule has 0 N–H and O–H groups in total. The number of carbonyl (C=O) groups excluding carboxylic acids is 2. The first kappa shape index (κ1) is 17.9. The van der Waals surface area contributed by atoms with Crippen LogP contribution in [0.3, 0.4) is 0 Å². The van der Waals surface area contributed by atoms with Crippen LogP contribution >= 0.6 is 0 Å². The highest BCUT2D eigenvalue weighted by molar-refractivity contribution is 5.94. The predicted molar refractivity (Wildman–Crippen MR) is 105 cm³/mol. The monoisotopic (exact) mass is 369 g/mol. The second kappa shape index (κ2) is 7.23. The molecule has 4 heterocycles. The molecule has 2 saturated heterocycles. The molecular formula is C20H27N5O2. The maximum Gasteiger partial charge on any atom is 0.255 e. The van der Waals surface area contributed by atoms with Crippen LogP contribution in [-0.4, -0.2) is 90.3 Å². The molecule has 0 atom stereocenters. The van der Waals surface area contributed by atoms with Gasteiger partial charge in [0, 0.05) is 71.0 Å². The van der Waals surface area contributed by atoms with Crippen LogP contribution in [0.5, 0.6) is 0 Å². The second-order valence-electron chi connectivity index (χ2n) is 7.49. The van der Waals surface area contributed by atoms with E-state index in [9.17, 15) is 9.59 Å². The Morgan fingerprint density at radius 2 is 1.44 bits per heavy atom. The quantitative estimate of drug-likeness (QED) is 0.792. The Morgan fingerprint density at radius 3 is 2.11 bits per heavy atom. The molecule has 2 aromatic heterocycles. The molecule has 4 rings (SSSR count). The maximum absolute atomic E-state index is 12.9. The van der Waals surface area contributed by atoms with Crippen molar-refractivity contribution in [1.29, 1.82) is 0 Å². The lowest BCUT2D eigenvalue weighted by Gasteiger charge is -2.35. The highest BCUT2D eigenvalue weighted by atomic mass is 16.2. The molecule has 2 fully saturated rings. The molecule has 0 saturated carbocycles. The van der Waals surface area contributed by atoms with Gasteiger partial charge in [-0.1, -0.05) is 0 Å². The van der Waals surface area contributed by atoms with E-state index in [-0.39, 0.29) is 11.8 Å². The molecule has 27 heavy (non-hydrogen) atoms. The maximum atomic E-state index is 12.9. The first-order valence-electron chi connectivity index (χ1n) is 9.62. The van der Waals surface area contributed by atoms with E-state index < -0.39 is 0 Å². The molecule has 144 valence electrons. The van der Waals surface area contributed by atoms with E-state index in [2.05, 4.69) is 33.4 Å². The Kier molecular flexibility index (Phi) is 4.78. The zero-order valence-corrected chi connectivity index (χ0v) is 16.1. The third-order valence-corrected chi connectivity index (χ3v) is 5.72. The molecule has 0 aliphatic carbocycles. The third-order valence-electron chi connectivity index (χ3n) is 5.72. The molecule has 0 unspecified atom stereocenters. The minimum atomic E-state index is 0.103. The van der Waals surface area contributed by atoms with Gasteiger partial charge in [-0.15, -0.1) is 0 Å². The molecular weight excluding hydrogens is 342 g/mol. The summed E-state index contributed by atoms with van der Waals surface area (Å²) in [6.07, 6.45) is 1.96. The Hall–Kier alpha value is -2.54. The predicted octanol–water partition coefficient (Wildman–Crippen LogP) is 0.995. The fourth-order valence-corrected chi connectivity index (χ4v) is 3.91. The van der Waals surface area contributed by atoms with Gasteiger partial charge < -0.3 is 24.0 Å². The fraction of sp³-hybridized carbons (Fsp3) is 0.500. The van der Waals surface area contributed by atoms with Gasteiger partial charge in [-0.2, -0.15) is 0 Å². The summed E-state index contributed by atoms with van der Waals surface area (Å²) in [5, 5.41) is 0. The number of aromatic nitrogens is 1. The number of piperazine rings is 2. The molecule has 0 bridgehead atoms. The number of nitrogens with zero attached hydrogens (tertiary/aromatic N) is 5. The van der Waals surface area contributed by atoms with Crippen molar-refractivity contribution in [3.8, 4) is 0 Å². The zero-order valence-electron chi connectivity index (χ0n) is 16.1. The fourth-order valence-electron chi connectivity index (χ4n) is 3.91. The van der Waals surface area contributed by atoms with Gasteiger partial charge in [-0.25, -0.2) is 0 Å². The molecule has 2 aromatic rings. The number of fused-ring (bicyclic) bond motifs is 1. The van der Waals surface area contributed by atoms with E-state index in [1.165, 1.54) is 0 Å². The first-order chi connectivity index (χ1) is 13.0. The third kappa shape index (κ3) is 3.51. The summed E-state index contributed by atoms with van der Waals surface area (Å²) in [7, 11) is 2.09. The average molecular weight is 369 g/mol. The normalized spacial score (nSPS) is 19.0. The van der Waals surface area contributed by atoms with Crippen LogP contribution in [0.1, 0.15) is 17.3 Å². The molecule has 7 nitrogen and oxygen atoms in total. The van der Waals surface area contributed by atoms with Crippen LogP contribution in [0.2, 0.25) is 0 Å². The van der Waals surface area contributed by atoms with Crippen molar-refractivity contribution in [3.05, 3.63) is 36.0 Å². The number of pyridine rings is 1. The van der Waals surface area contributed by atoms with Gasteiger partial charge in [-0.3, -0.25) is 9.59 Å². The van der Waals surface area contributed by atoms with Crippen molar-refractivity contribution >= 4 is 23.1 Å². The molecule has 7 heteroatoms. The number of hydrogen-bond acceptors (Lipinski definition) is 4. The Morgan fingerprint density at radius 1 is 0.815 bits per heavy atom. The van der Waals surface area contributed by atoms with E-state index in [4.69, 9.17) is 0 Å². The first-order valence-corrected chi connectivity index (χ1v) is 9.62. The number of rotatable bonds is 2. The van der Waals surface area contributed by atoms with Crippen molar-refractivity contribution in [3.63, 3.8) is 0 Å². The minimum absolute atomic E-state index is 0.103. The van der Waals surface area contributed by atoms with E-state index in [1.807, 2.05) is 28.1 Å². The molecule has 0 radical (unpaired) electrons. The number of anilines is 1. The van der Waals surface area contributed by atoms with Crippen LogP contribution in [-0.2, 0) is 4.79 Å². The highest BCUT2D eigenvalue weighted by Crippen LogP contribution is 2.22. The smallest absolute Gasteiger partial charge is 0.255 e. The van der Waals surface area contributed by atoms with E-state index in [0.29, 0.717) is 0 Å². The van der Waals surface area contributed by atoms with Crippen molar-refractivity contribution < 1.29 is 9.59 Å². The van der Waals surface area contributed by atoms with Crippen LogP contribution in [0, 0.1) is 0 Å². The SMILES string of the molecule is CC(=O)N1CCN(c2ccc3ccc(C(=O)N4CCN(C)CC4)cn23)CC1. The van der Waals surface area contributed by atoms with Crippen molar-refractivity contribution in [2.75, 3.05) is 64.3 Å². The van der Waals surface area contributed by atoms with Crippen molar-refractivity contribution in [2.24, 2.45) is 0 Å². The minimum Gasteiger partial charge on any atom is -0.354 e. The lowest BCUT2D eigenvalue weighted by molar-refractivity contribution is -0.129. The summed E-state index contributed by atoms with van der Waals surface area (Å²) < 4.78 is 2.10. The van der Waals surface area contributed by atoms with E-state index in [1.54, 1.807) is 6.92 Å². The Labute approximate surface area is 159 Å². The van der Waals surface area contributed by atoms with Crippen LogP contribution < -0.4 is 4.90 Å².